The lowest BCUT2D eigenvalue weighted by molar-refractivity contribution is 0.504. The van der Waals surface area contributed by atoms with Crippen LogP contribution in [-0.4, -0.2) is 0 Å². The molecule has 19 heavy (non-hydrogen) atoms. The maximum absolute atomic E-state index is 3.71. The molecule has 0 aromatic carbocycles. The zero-order valence-electron chi connectivity index (χ0n) is 13.6. The number of hydrogen-bond acceptors (Lipinski definition) is 0. The molecule has 0 heteroatoms. The van der Waals surface area contributed by atoms with Gasteiger partial charge in [0.05, 0.1) is 0 Å². The molecular weight excluding hydrogens is 228 g/mol. The summed E-state index contributed by atoms with van der Waals surface area (Å²) in [6.07, 6.45) is 22.6. The van der Waals surface area contributed by atoms with E-state index in [-0.39, 0.29) is 0 Å². The summed E-state index contributed by atoms with van der Waals surface area (Å²) in [5.41, 5.74) is 0. The standard InChI is InChI=1S/C19H37/c1-4-5-6-7-8-9-10-11-12-13-14-15-16-17-18-19(2)3/h4-5,19H,1,6-18H2,2-3H3/b5-4+. The van der Waals surface area contributed by atoms with Crippen molar-refractivity contribution in [2.24, 2.45) is 5.92 Å². The van der Waals surface area contributed by atoms with E-state index in [0.29, 0.717) is 0 Å². The molecule has 0 spiro atoms. The number of unbranched alkanes of at least 4 members (excludes halogenated alkanes) is 11. The van der Waals surface area contributed by atoms with Gasteiger partial charge in [-0.15, -0.1) is 0 Å². The average Bonchev–Trinajstić information content (AvgIpc) is 2.39. The zero-order valence-corrected chi connectivity index (χ0v) is 13.6. The third kappa shape index (κ3) is 17.7. The summed E-state index contributed by atoms with van der Waals surface area (Å²) < 4.78 is 0. The molecule has 0 aliphatic carbocycles. The lowest BCUT2D eigenvalue weighted by Gasteiger charge is -2.04. The quantitative estimate of drug-likeness (QED) is 0.294. The van der Waals surface area contributed by atoms with Crippen molar-refractivity contribution in [3.05, 3.63) is 19.1 Å². The third-order valence-electron chi connectivity index (χ3n) is 3.82. The van der Waals surface area contributed by atoms with E-state index in [1.807, 2.05) is 6.08 Å². The fraction of sp³-hybridized carbons (Fsp3) is 0.842. The Morgan fingerprint density at radius 1 is 0.684 bits per heavy atom. The predicted octanol–water partition coefficient (Wildman–Crippen LogP) is 7.10. The topological polar surface area (TPSA) is 0 Å². The van der Waals surface area contributed by atoms with Crippen molar-refractivity contribution >= 4 is 0 Å². The minimum absolute atomic E-state index is 0.893. The Labute approximate surface area is 123 Å². The highest BCUT2D eigenvalue weighted by Crippen LogP contribution is 2.14. The highest BCUT2D eigenvalue weighted by molar-refractivity contribution is 4.83. The SMILES string of the molecule is [CH2]/C=C/CCCCCCCCCCCCCC(C)C. The fourth-order valence-corrected chi connectivity index (χ4v) is 2.52. The number of hydrogen-bond donors (Lipinski definition) is 0. The highest BCUT2D eigenvalue weighted by Gasteiger charge is 1.95. The lowest BCUT2D eigenvalue weighted by Crippen LogP contribution is -1.87. The van der Waals surface area contributed by atoms with E-state index < -0.39 is 0 Å². The molecule has 0 nitrogen and oxygen atoms in total. The van der Waals surface area contributed by atoms with Gasteiger partial charge in [0.1, 0.15) is 0 Å². The normalized spacial score (nSPS) is 11.8. The summed E-state index contributed by atoms with van der Waals surface area (Å²) >= 11 is 0. The molecule has 0 unspecified atom stereocenters. The van der Waals surface area contributed by atoms with E-state index in [1.54, 1.807) is 0 Å². The van der Waals surface area contributed by atoms with E-state index in [0.717, 1.165) is 5.92 Å². The van der Waals surface area contributed by atoms with Gasteiger partial charge in [-0.3, -0.25) is 0 Å². The first-order valence-electron chi connectivity index (χ1n) is 8.71. The molecule has 0 atom stereocenters. The van der Waals surface area contributed by atoms with Gasteiger partial charge in [-0.25, -0.2) is 0 Å². The molecule has 0 amide bonds. The van der Waals surface area contributed by atoms with Gasteiger partial charge in [-0.1, -0.05) is 96.6 Å². The van der Waals surface area contributed by atoms with Crippen molar-refractivity contribution in [3.63, 3.8) is 0 Å². The Hall–Kier alpha value is -0.260. The predicted molar refractivity (Wildman–Crippen MR) is 89.4 cm³/mol. The van der Waals surface area contributed by atoms with E-state index >= 15 is 0 Å². The largest absolute Gasteiger partial charge is 0.0885 e. The van der Waals surface area contributed by atoms with Crippen LogP contribution in [0.1, 0.15) is 97.3 Å². The molecule has 0 bridgehead atoms. The Morgan fingerprint density at radius 3 is 1.53 bits per heavy atom. The molecule has 0 aliphatic rings. The van der Waals surface area contributed by atoms with Crippen LogP contribution in [0.25, 0.3) is 0 Å². The summed E-state index contributed by atoms with van der Waals surface area (Å²) in [5, 5.41) is 0. The second-order valence-electron chi connectivity index (χ2n) is 6.33. The van der Waals surface area contributed by atoms with Crippen molar-refractivity contribution in [3.8, 4) is 0 Å². The summed E-state index contributed by atoms with van der Waals surface area (Å²) in [6, 6.07) is 0. The lowest BCUT2D eigenvalue weighted by atomic mass is 10.0. The third-order valence-corrected chi connectivity index (χ3v) is 3.82. The summed E-state index contributed by atoms with van der Waals surface area (Å²) in [7, 11) is 0. The number of rotatable bonds is 14. The maximum atomic E-state index is 3.71. The van der Waals surface area contributed by atoms with Crippen LogP contribution in [0.2, 0.25) is 0 Å². The van der Waals surface area contributed by atoms with Crippen molar-refractivity contribution in [2.45, 2.75) is 97.3 Å². The van der Waals surface area contributed by atoms with Crippen LogP contribution < -0.4 is 0 Å². The Balaban J connectivity index is 2.95. The van der Waals surface area contributed by atoms with Crippen LogP contribution in [0, 0.1) is 12.8 Å². The van der Waals surface area contributed by atoms with Gasteiger partial charge in [-0.2, -0.15) is 0 Å². The molecule has 0 saturated carbocycles. The molecule has 0 aromatic heterocycles. The molecule has 1 radical (unpaired) electrons. The van der Waals surface area contributed by atoms with Gasteiger partial charge in [0.25, 0.3) is 0 Å². The molecule has 0 heterocycles. The average molecular weight is 266 g/mol. The van der Waals surface area contributed by atoms with Gasteiger partial charge in [-0.05, 0) is 25.7 Å². The Bertz CT molecular complexity index is 178. The van der Waals surface area contributed by atoms with Crippen molar-refractivity contribution in [1.82, 2.24) is 0 Å². The molecule has 113 valence electrons. The van der Waals surface area contributed by atoms with Gasteiger partial charge in [0, 0.05) is 0 Å². The Morgan fingerprint density at radius 2 is 1.11 bits per heavy atom. The first kappa shape index (κ1) is 18.7. The molecule has 0 saturated heterocycles. The van der Waals surface area contributed by atoms with Crippen LogP contribution in [0.3, 0.4) is 0 Å². The minimum Gasteiger partial charge on any atom is -0.0885 e. The molecule has 0 fully saturated rings. The Kier molecular flexibility index (Phi) is 15.6. The van der Waals surface area contributed by atoms with Crippen LogP contribution in [0.4, 0.5) is 0 Å². The van der Waals surface area contributed by atoms with E-state index in [4.69, 9.17) is 0 Å². The molecule has 0 N–H and O–H groups in total. The van der Waals surface area contributed by atoms with E-state index in [1.165, 1.54) is 83.5 Å². The maximum Gasteiger partial charge on any atom is -0.0316 e. The first-order valence-corrected chi connectivity index (χ1v) is 8.71. The van der Waals surface area contributed by atoms with Crippen molar-refractivity contribution in [2.75, 3.05) is 0 Å². The van der Waals surface area contributed by atoms with Gasteiger partial charge >= 0.3 is 0 Å². The minimum atomic E-state index is 0.893. The van der Waals surface area contributed by atoms with Crippen molar-refractivity contribution < 1.29 is 0 Å². The first-order chi connectivity index (χ1) is 9.27. The monoisotopic (exact) mass is 265 g/mol. The highest BCUT2D eigenvalue weighted by atomic mass is 14.0. The van der Waals surface area contributed by atoms with Gasteiger partial charge in [0.2, 0.25) is 0 Å². The van der Waals surface area contributed by atoms with E-state index in [9.17, 15) is 0 Å². The van der Waals surface area contributed by atoms with Gasteiger partial charge < -0.3 is 0 Å². The zero-order chi connectivity index (χ0) is 14.2. The molecule has 0 aromatic rings. The molecular formula is C19H37. The molecule has 0 aliphatic heterocycles. The van der Waals surface area contributed by atoms with Crippen LogP contribution in [-0.2, 0) is 0 Å². The summed E-state index contributed by atoms with van der Waals surface area (Å²) in [6.45, 7) is 8.37. The summed E-state index contributed by atoms with van der Waals surface area (Å²) in [4.78, 5) is 0. The smallest absolute Gasteiger partial charge is 0.0316 e. The molecule has 0 rings (SSSR count). The van der Waals surface area contributed by atoms with Crippen LogP contribution >= 0.6 is 0 Å². The van der Waals surface area contributed by atoms with Crippen LogP contribution in [0.15, 0.2) is 12.2 Å². The second-order valence-corrected chi connectivity index (χ2v) is 6.33. The fourth-order valence-electron chi connectivity index (χ4n) is 2.52. The number of allylic oxidation sites excluding steroid dienone is 2. The van der Waals surface area contributed by atoms with Gasteiger partial charge in [0.15, 0.2) is 0 Å². The second kappa shape index (κ2) is 15.8. The van der Waals surface area contributed by atoms with E-state index in [2.05, 4.69) is 26.8 Å². The summed E-state index contributed by atoms with van der Waals surface area (Å²) in [5.74, 6) is 0.893. The van der Waals surface area contributed by atoms with Crippen LogP contribution in [0.5, 0.6) is 0 Å². The van der Waals surface area contributed by atoms with Crippen molar-refractivity contribution in [1.29, 1.82) is 0 Å².